The summed E-state index contributed by atoms with van der Waals surface area (Å²) in [4.78, 5) is 0. The number of aryl methyl sites for hydroxylation is 1. The lowest BCUT2D eigenvalue weighted by molar-refractivity contribution is 0.330. The lowest BCUT2D eigenvalue weighted by Crippen LogP contribution is -2.17. The maximum absolute atomic E-state index is 4.69. The first-order valence-corrected chi connectivity index (χ1v) is 12.6. The molecular weight excluding hydrogens is 418 g/mol. The van der Waals surface area contributed by atoms with Gasteiger partial charge < -0.3 is 4.57 Å². The molecule has 8 heteroatoms. The summed E-state index contributed by atoms with van der Waals surface area (Å²) in [6.07, 6.45) is 8.06. The van der Waals surface area contributed by atoms with Crippen molar-refractivity contribution in [3.8, 4) is 0 Å². The molecular formula is C24H29N7S. The van der Waals surface area contributed by atoms with E-state index in [0.29, 0.717) is 11.8 Å². The van der Waals surface area contributed by atoms with Gasteiger partial charge in [-0.15, -0.1) is 15.3 Å². The third-order valence-corrected chi connectivity index (χ3v) is 7.21. The fourth-order valence-corrected chi connectivity index (χ4v) is 5.65. The Morgan fingerprint density at radius 3 is 2.66 bits per heavy atom. The quantitative estimate of drug-likeness (QED) is 0.345. The molecule has 0 aliphatic heterocycles. The van der Waals surface area contributed by atoms with Crippen LogP contribution in [-0.2, 0) is 18.7 Å². The standard InChI is InChI=1S/C24H29N7S/c1-2-15-30-23(26-28-29-30)17-32-24-27-25-22(31(24)20-12-4-3-5-13-20)16-19-11-8-10-18-9-6-7-14-21(18)19/h6-11,14,20H,2-5,12-13,15-17H2,1H3. The second kappa shape index (κ2) is 9.81. The number of fused-ring (bicyclic) bond motifs is 1. The highest BCUT2D eigenvalue weighted by atomic mass is 32.2. The Bertz CT molecular complexity index is 1170. The van der Waals surface area contributed by atoms with Crippen molar-refractivity contribution >= 4 is 22.5 Å². The number of rotatable bonds is 8. The molecule has 2 aromatic carbocycles. The second-order valence-corrected chi connectivity index (χ2v) is 9.43. The summed E-state index contributed by atoms with van der Waals surface area (Å²) in [7, 11) is 0. The number of aromatic nitrogens is 7. The Morgan fingerprint density at radius 2 is 1.78 bits per heavy atom. The van der Waals surface area contributed by atoms with Crippen LogP contribution in [0.5, 0.6) is 0 Å². The predicted octanol–water partition coefficient (Wildman–Crippen LogP) is 5.22. The van der Waals surface area contributed by atoms with Gasteiger partial charge in [0.25, 0.3) is 0 Å². The van der Waals surface area contributed by atoms with E-state index in [0.717, 1.165) is 36.2 Å². The molecule has 1 fully saturated rings. The first-order valence-electron chi connectivity index (χ1n) is 11.6. The molecule has 2 aromatic heterocycles. The van der Waals surface area contributed by atoms with Crippen molar-refractivity contribution in [3.63, 3.8) is 0 Å². The van der Waals surface area contributed by atoms with Crippen LogP contribution in [0.1, 0.15) is 68.7 Å². The Balaban J connectivity index is 1.44. The monoisotopic (exact) mass is 447 g/mol. The molecule has 0 unspecified atom stereocenters. The van der Waals surface area contributed by atoms with Crippen molar-refractivity contribution in [2.75, 3.05) is 0 Å². The van der Waals surface area contributed by atoms with Crippen molar-refractivity contribution in [1.29, 1.82) is 0 Å². The summed E-state index contributed by atoms with van der Waals surface area (Å²) >= 11 is 1.70. The molecule has 0 amide bonds. The fraction of sp³-hybridized carbons (Fsp3) is 0.458. The van der Waals surface area contributed by atoms with Crippen LogP contribution in [0.4, 0.5) is 0 Å². The highest BCUT2D eigenvalue weighted by Gasteiger charge is 2.24. The summed E-state index contributed by atoms with van der Waals surface area (Å²) < 4.78 is 4.31. The molecule has 1 aliphatic carbocycles. The molecule has 0 atom stereocenters. The highest BCUT2D eigenvalue weighted by molar-refractivity contribution is 7.98. The van der Waals surface area contributed by atoms with Gasteiger partial charge in [0, 0.05) is 19.0 Å². The summed E-state index contributed by atoms with van der Waals surface area (Å²) in [5.74, 6) is 2.65. The third kappa shape index (κ3) is 4.41. The number of benzene rings is 2. The maximum atomic E-state index is 4.69. The Morgan fingerprint density at radius 1 is 0.938 bits per heavy atom. The molecule has 7 nitrogen and oxygen atoms in total. The van der Waals surface area contributed by atoms with Crippen LogP contribution in [0.25, 0.3) is 10.8 Å². The molecule has 5 rings (SSSR count). The van der Waals surface area contributed by atoms with Gasteiger partial charge in [0.05, 0.1) is 5.75 Å². The normalized spacial score (nSPS) is 14.9. The Labute approximate surface area is 192 Å². The minimum absolute atomic E-state index is 0.470. The van der Waals surface area contributed by atoms with Crippen LogP contribution in [-0.4, -0.2) is 35.0 Å². The maximum Gasteiger partial charge on any atom is 0.191 e. The summed E-state index contributed by atoms with van der Waals surface area (Å²) in [6, 6.07) is 15.6. The van der Waals surface area contributed by atoms with E-state index in [-0.39, 0.29) is 0 Å². The van der Waals surface area contributed by atoms with Crippen LogP contribution in [0, 0.1) is 0 Å². The van der Waals surface area contributed by atoms with E-state index in [2.05, 4.69) is 79.7 Å². The van der Waals surface area contributed by atoms with E-state index in [1.54, 1.807) is 11.8 Å². The van der Waals surface area contributed by atoms with E-state index in [1.807, 2.05) is 4.68 Å². The minimum atomic E-state index is 0.470. The molecule has 166 valence electrons. The second-order valence-electron chi connectivity index (χ2n) is 8.48. The van der Waals surface area contributed by atoms with Crippen LogP contribution < -0.4 is 0 Å². The molecule has 0 spiro atoms. The van der Waals surface area contributed by atoms with Gasteiger partial charge in [-0.3, -0.25) is 0 Å². The van der Waals surface area contributed by atoms with Crippen LogP contribution in [0.15, 0.2) is 47.6 Å². The Kier molecular flexibility index (Phi) is 6.48. The van der Waals surface area contributed by atoms with Gasteiger partial charge in [0.2, 0.25) is 0 Å². The van der Waals surface area contributed by atoms with E-state index in [4.69, 9.17) is 0 Å². The molecule has 32 heavy (non-hydrogen) atoms. The number of hydrogen-bond donors (Lipinski definition) is 0. The van der Waals surface area contributed by atoms with E-state index in [9.17, 15) is 0 Å². The highest BCUT2D eigenvalue weighted by Crippen LogP contribution is 2.34. The fourth-order valence-electron chi connectivity index (χ4n) is 4.69. The number of nitrogens with zero attached hydrogens (tertiary/aromatic N) is 7. The van der Waals surface area contributed by atoms with Crippen LogP contribution >= 0.6 is 11.8 Å². The van der Waals surface area contributed by atoms with E-state index >= 15 is 0 Å². The average molecular weight is 448 g/mol. The van der Waals surface area contributed by atoms with Crippen LogP contribution in [0.3, 0.4) is 0 Å². The molecule has 0 saturated heterocycles. The van der Waals surface area contributed by atoms with E-state index in [1.165, 1.54) is 48.4 Å². The van der Waals surface area contributed by atoms with Gasteiger partial charge in [-0.05, 0) is 46.0 Å². The third-order valence-electron chi connectivity index (χ3n) is 6.28. The zero-order chi connectivity index (χ0) is 21.8. The average Bonchev–Trinajstić information content (AvgIpc) is 3.45. The molecule has 2 heterocycles. The van der Waals surface area contributed by atoms with Crippen molar-refractivity contribution < 1.29 is 0 Å². The number of tetrazole rings is 1. The first kappa shape index (κ1) is 21.1. The molecule has 0 radical (unpaired) electrons. The van der Waals surface area contributed by atoms with Gasteiger partial charge in [0.15, 0.2) is 11.0 Å². The van der Waals surface area contributed by atoms with Gasteiger partial charge in [0.1, 0.15) is 5.82 Å². The molecule has 0 N–H and O–H groups in total. The van der Waals surface area contributed by atoms with Gasteiger partial charge in [-0.1, -0.05) is 80.4 Å². The summed E-state index contributed by atoms with van der Waals surface area (Å²) in [6.45, 7) is 2.97. The Hall–Kier alpha value is -2.74. The van der Waals surface area contributed by atoms with Crippen molar-refractivity contribution in [1.82, 2.24) is 35.0 Å². The first-order chi connectivity index (χ1) is 15.8. The number of thioether (sulfide) groups is 1. The van der Waals surface area contributed by atoms with Crippen molar-refractivity contribution in [2.45, 2.75) is 75.4 Å². The topological polar surface area (TPSA) is 74.3 Å². The SMILES string of the molecule is CCCn1nnnc1CSc1nnc(Cc2cccc3ccccc23)n1C1CCCCC1. The largest absolute Gasteiger partial charge is 0.303 e. The van der Waals surface area contributed by atoms with Crippen molar-refractivity contribution in [3.05, 3.63) is 59.7 Å². The zero-order valence-electron chi connectivity index (χ0n) is 18.5. The van der Waals surface area contributed by atoms with Gasteiger partial charge >= 0.3 is 0 Å². The molecule has 0 bridgehead atoms. The summed E-state index contributed by atoms with van der Waals surface area (Å²) in [5, 5.41) is 25.1. The van der Waals surface area contributed by atoms with E-state index < -0.39 is 0 Å². The minimum Gasteiger partial charge on any atom is -0.303 e. The predicted molar refractivity (Wildman–Crippen MR) is 127 cm³/mol. The lowest BCUT2D eigenvalue weighted by atomic mass is 9.95. The zero-order valence-corrected chi connectivity index (χ0v) is 19.3. The molecule has 4 aromatic rings. The van der Waals surface area contributed by atoms with Gasteiger partial charge in [-0.2, -0.15) is 0 Å². The number of hydrogen-bond acceptors (Lipinski definition) is 6. The smallest absolute Gasteiger partial charge is 0.191 e. The van der Waals surface area contributed by atoms with Gasteiger partial charge in [-0.25, -0.2) is 4.68 Å². The van der Waals surface area contributed by atoms with Crippen molar-refractivity contribution in [2.24, 2.45) is 0 Å². The lowest BCUT2D eigenvalue weighted by Gasteiger charge is -2.25. The molecule has 1 saturated carbocycles. The van der Waals surface area contributed by atoms with Crippen LogP contribution in [0.2, 0.25) is 0 Å². The summed E-state index contributed by atoms with van der Waals surface area (Å²) in [5.41, 5.74) is 1.30. The molecule has 1 aliphatic rings.